The van der Waals surface area contributed by atoms with Gasteiger partial charge in [-0.25, -0.2) is 4.79 Å². The molecule has 1 N–H and O–H groups in total. The van der Waals surface area contributed by atoms with Gasteiger partial charge in [0.25, 0.3) is 0 Å². The molecular weight excluding hydrogens is 290 g/mol. The van der Waals surface area contributed by atoms with Crippen molar-refractivity contribution in [3.05, 3.63) is 84.4 Å². The maximum atomic E-state index is 12.0. The normalized spacial score (nSPS) is 13.9. The van der Waals surface area contributed by atoms with E-state index in [1.54, 1.807) is 31.2 Å². The molecular formula is C19H19NO3. The average Bonchev–Trinajstić information content (AvgIpc) is 2.62. The van der Waals surface area contributed by atoms with Crippen molar-refractivity contribution in [1.29, 1.82) is 0 Å². The summed E-state index contributed by atoms with van der Waals surface area (Å²) in [7, 11) is 0. The highest BCUT2D eigenvalue weighted by Crippen LogP contribution is 2.15. The summed E-state index contributed by atoms with van der Waals surface area (Å²) in [6, 6.07) is 17.9. The lowest BCUT2D eigenvalue weighted by Gasteiger charge is -2.17. The molecule has 23 heavy (non-hydrogen) atoms. The first-order valence-corrected chi connectivity index (χ1v) is 7.33. The Bertz CT molecular complexity index is 680. The Morgan fingerprint density at radius 1 is 1.09 bits per heavy atom. The first-order valence-electron chi connectivity index (χ1n) is 7.33. The number of aliphatic hydroxyl groups is 1. The molecule has 118 valence electrons. The van der Waals surface area contributed by atoms with Crippen LogP contribution < -0.4 is 0 Å². The maximum absolute atomic E-state index is 12.0. The van der Waals surface area contributed by atoms with Crippen molar-refractivity contribution in [1.82, 2.24) is 0 Å². The lowest BCUT2D eigenvalue weighted by Crippen LogP contribution is -2.25. The van der Waals surface area contributed by atoms with E-state index in [2.05, 4.69) is 11.7 Å². The number of nitrogens with zero attached hydrogens (tertiary/aromatic N) is 1. The molecule has 4 heteroatoms. The van der Waals surface area contributed by atoms with Crippen LogP contribution in [0.2, 0.25) is 0 Å². The molecule has 0 amide bonds. The molecule has 2 unspecified atom stereocenters. The van der Waals surface area contributed by atoms with Crippen molar-refractivity contribution in [2.45, 2.75) is 13.0 Å². The minimum atomic E-state index is -0.788. The van der Waals surface area contributed by atoms with Gasteiger partial charge < -0.3 is 9.94 Å². The Kier molecular flexibility index (Phi) is 5.83. The second-order valence-electron chi connectivity index (χ2n) is 5.10. The van der Waals surface area contributed by atoms with Gasteiger partial charge in [-0.1, -0.05) is 66.7 Å². The van der Waals surface area contributed by atoms with Gasteiger partial charge in [0.1, 0.15) is 0 Å². The van der Waals surface area contributed by atoms with Crippen LogP contribution >= 0.6 is 0 Å². The molecule has 0 fully saturated rings. The van der Waals surface area contributed by atoms with Crippen LogP contribution in [-0.2, 0) is 4.84 Å². The van der Waals surface area contributed by atoms with Gasteiger partial charge in [-0.15, -0.1) is 6.58 Å². The number of carbonyl (C=O) groups is 1. The number of rotatable bonds is 6. The summed E-state index contributed by atoms with van der Waals surface area (Å²) >= 11 is 0. The quantitative estimate of drug-likeness (QED) is 0.385. The highest BCUT2D eigenvalue weighted by molar-refractivity contribution is 6.02. The van der Waals surface area contributed by atoms with E-state index in [0.29, 0.717) is 11.3 Å². The predicted molar refractivity (Wildman–Crippen MR) is 90.2 cm³/mol. The van der Waals surface area contributed by atoms with Gasteiger partial charge in [0.05, 0.1) is 17.4 Å². The SMILES string of the molecule is C=CC(O)C(C)C(=NOC(=O)c1ccccc1)c1ccccc1. The Hall–Kier alpha value is -2.72. The lowest BCUT2D eigenvalue weighted by molar-refractivity contribution is 0.0511. The zero-order chi connectivity index (χ0) is 16.7. The summed E-state index contributed by atoms with van der Waals surface area (Å²) in [6.45, 7) is 5.39. The molecule has 2 rings (SSSR count). The van der Waals surface area contributed by atoms with Gasteiger partial charge in [-0.3, -0.25) is 0 Å². The van der Waals surface area contributed by atoms with Crippen LogP contribution in [0.15, 0.2) is 78.5 Å². The monoisotopic (exact) mass is 309 g/mol. The predicted octanol–water partition coefficient (Wildman–Crippen LogP) is 3.43. The number of hydrogen-bond donors (Lipinski definition) is 1. The minimum absolute atomic E-state index is 0.363. The fraction of sp³-hybridized carbons (Fsp3) is 0.158. The van der Waals surface area contributed by atoms with Crippen molar-refractivity contribution < 1.29 is 14.7 Å². The minimum Gasteiger partial charge on any atom is -0.388 e. The van der Waals surface area contributed by atoms with Crippen LogP contribution in [0.5, 0.6) is 0 Å². The van der Waals surface area contributed by atoms with Gasteiger partial charge >= 0.3 is 5.97 Å². The Morgan fingerprint density at radius 3 is 2.13 bits per heavy atom. The van der Waals surface area contributed by atoms with Crippen molar-refractivity contribution in [2.24, 2.45) is 11.1 Å². The highest BCUT2D eigenvalue weighted by atomic mass is 16.7. The number of benzene rings is 2. The summed E-state index contributed by atoms with van der Waals surface area (Å²) in [5.74, 6) is -0.905. The molecule has 0 saturated heterocycles. The fourth-order valence-corrected chi connectivity index (χ4v) is 2.09. The first-order chi connectivity index (χ1) is 11.1. The molecule has 2 aromatic carbocycles. The third-order valence-electron chi connectivity index (χ3n) is 3.49. The summed E-state index contributed by atoms with van der Waals surface area (Å²) in [5, 5.41) is 14.0. The van der Waals surface area contributed by atoms with Crippen molar-refractivity contribution in [2.75, 3.05) is 0 Å². The molecule has 0 spiro atoms. The number of aliphatic hydroxyl groups excluding tert-OH is 1. The zero-order valence-electron chi connectivity index (χ0n) is 12.9. The van der Waals surface area contributed by atoms with E-state index >= 15 is 0 Å². The van der Waals surface area contributed by atoms with Crippen LogP contribution in [0.4, 0.5) is 0 Å². The average molecular weight is 309 g/mol. The molecule has 0 bridgehead atoms. The first kappa shape index (κ1) is 16.6. The summed E-state index contributed by atoms with van der Waals surface area (Å²) in [5.41, 5.74) is 1.68. The fourth-order valence-electron chi connectivity index (χ4n) is 2.09. The number of carbonyl (C=O) groups excluding carboxylic acids is 1. The number of oxime groups is 1. The molecule has 2 aromatic rings. The lowest BCUT2D eigenvalue weighted by atomic mass is 9.93. The third-order valence-corrected chi connectivity index (χ3v) is 3.49. The van der Waals surface area contributed by atoms with Crippen molar-refractivity contribution in [3.63, 3.8) is 0 Å². The van der Waals surface area contributed by atoms with E-state index in [-0.39, 0.29) is 5.92 Å². The van der Waals surface area contributed by atoms with Gasteiger partial charge in [0.15, 0.2) is 0 Å². The molecule has 2 atom stereocenters. The van der Waals surface area contributed by atoms with Crippen LogP contribution in [0, 0.1) is 5.92 Å². The van der Waals surface area contributed by atoms with Crippen LogP contribution in [0.1, 0.15) is 22.8 Å². The van der Waals surface area contributed by atoms with Gasteiger partial charge in [-0.05, 0) is 17.7 Å². The van der Waals surface area contributed by atoms with E-state index in [4.69, 9.17) is 4.84 Å². The Balaban J connectivity index is 2.26. The van der Waals surface area contributed by atoms with E-state index in [0.717, 1.165) is 5.56 Å². The summed E-state index contributed by atoms with van der Waals surface area (Å²) < 4.78 is 0. The number of hydrogen-bond acceptors (Lipinski definition) is 4. The van der Waals surface area contributed by atoms with E-state index < -0.39 is 12.1 Å². The largest absolute Gasteiger partial charge is 0.388 e. The molecule has 0 aliphatic carbocycles. The second-order valence-corrected chi connectivity index (χ2v) is 5.10. The van der Waals surface area contributed by atoms with Crippen molar-refractivity contribution in [3.8, 4) is 0 Å². The molecule has 0 saturated carbocycles. The van der Waals surface area contributed by atoms with Crippen LogP contribution in [-0.4, -0.2) is 22.9 Å². The second kappa shape index (κ2) is 8.06. The molecule has 0 radical (unpaired) electrons. The van der Waals surface area contributed by atoms with Crippen LogP contribution in [0.25, 0.3) is 0 Å². The van der Waals surface area contributed by atoms with Crippen molar-refractivity contribution >= 4 is 11.7 Å². The summed E-state index contributed by atoms with van der Waals surface area (Å²) in [6.07, 6.45) is 0.645. The van der Waals surface area contributed by atoms with Gasteiger partial charge in [-0.2, -0.15) is 0 Å². The highest BCUT2D eigenvalue weighted by Gasteiger charge is 2.20. The molecule has 4 nitrogen and oxygen atoms in total. The summed E-state index contributed by atoms with van der Waals surface area (Å²) in [4.78, 5) is 17.1. The smallest absolute Gasteiger partial charge is 0.365 e. The van der Waals surface area contributed by atoms with E-state index in [9.17, 15) is 9.90 Å². The Morgan fingerprint density at radius 2 is 1.61 bits per heavy atom. The topological polar surface area (TPSA) is 58.9 Å². The van der Waals surface area contributed by atoms with Crippen LogP contribution in [0.3, 0.4) is 0 Å². The maximum Gasteiger partial charge on any atom is 0.365 e. The van der Waals surface area contributed by atoms with Gasteiger partial charge in [0, 0.05) is 5.92 Å². The zero-order valence-corrected chi connectivity index (χ0v) is 12.9. The molecule has 0 heterocycles. The van der Waals surface area contributed by atoms with Gasteiger partial charge in [0.2, 0.25) is 0 Å². The molecule has 0 aliphatic heterocycles. The van der Waals surface area contributed by atoms with E-state index in [1.165, 1.54) is 6.08 Å². The Labute approximate surface area is 135 Å². The third kappa shape index (κ3) is 4.37. The van der Waals surface area contributed by atoms with E-state index in [1.807, 2.05) is 36.4 Å². The molecule has 0 aromatic heterocycles. The molecule has 0 aliphatic rings. The standard InChI is InChI=1S/C19H19NO3/c1-3-17(21)14(2)18(15-10-6-4-7-11-15)20-23-19(22)16-12-8-5-9-13-16/h3-14,17,21H,1H2,2H3.